The molecule has 3 aliphatic rings. The molecule has 3 aromatic rings. The van der Waals surface area contributed by atoms with Crippen LogP contribution in [0.2, 0.25) is 0 Å². The van der Waals surface area contributed by atoms with Crippen LogP contribution in [-0.2, 0) is 17.4 Å². The Hall–Kier alpha value is -4.71. The van der Waals surface area contributed by atoms with E-state index in [-0.39, 0.29) is 11.0 Å². The number of amides is 2. The second kappa shape index (κ2) is 11.8. The Morgan fingerprint density at radius 3 is 2.53 bits per heavy atom. The maximum absolute atomic E-state index is 15.7. The molecule has 1 saturated heterocycles. The Kier molecular flexibility index (Phi) is 8.11. The van der Waals surface area contributed by atoms with Gasteiger partial charge in [-0.15, -0.1) is 0 Å². The van der Waals surface area contributed by atoms with Crippen LogP contribution < -0.4 is 25.3 Å². The van der Waals surface area contributed by atoms with E-state index in [1.54, 1.807) is 34.7 Å². The topological polar surface area (TPSA) is 116 Å². The van der Waals surface area contributed by atoms with Gasteiger partial charge in [-0.05, 0) is 75.7 Å². The fraction of sp³-hybridized carbons (Fsp3) is 0.406. The van der Waals surface area contributed by atoms with Gasteiger partial charge in [-0.3, -0.25) is 19.9 Å². The number of aryl methyl sites for hydroxylation is 2. The summed E-state index contributed by atoms with van der Waals surface area (Å²) in [6.07, 6.45) is -2.65. The number of alkyl halides is 3. The molecule has 0 radical (unpaired) electrons. The van der Waals surface area contributed by atoms with Crippen molar-refractivity contribution < 1.29 is 31.9 Å². The van der Waals surface area contributed by atoms with Crippen molar-refractivity contribution in [1.29, 1.82) is 5.26 Å². The number of carbonyl (C=O) groups is 2. The highest BCUT2D eigenvalue weighted by atomic mass is 32.1. The number of benzene rings is 2. The van der Waals surface area contributed by atoms with Gasteiger partial charge in [0.05, 0.1) is 29.6 Å². The first-order valence-corrected chi connectivity index (χ1v) is 15.7. The van der Waals surface area contributed by atoms with Crippen LogP contribution in [0.5, 0.6) is 5.75 Å². The van der Waals surface area contributed by atoms with Gasteiger partial charge in [0, 0.05) is 17.7 Å². The Labute approximate surface area is 273 Å². The number of nitrogens with zero attached hydrogens (tertiary/aromatic N) is 5. The SMILES string of the molecule is CCCc1nc(C)c2n1NC(c1cc(N3C(=S)N(c4ccc(C#N)c(C(F)(F)F)c4F)C(=O)C34CCCC4)ccc1OCC)NC2=O. The first kappa shape index (κ1) is 32.2. The summed E-state index contributed by atoms with van der Waals surface area (Å²) in [6, 6.07) is 8.25. The van der Waals surface area contributed by atoms with Crippen LogP contribution in [0.15, 0.2) is 30.3 Å². The summed E-state index contributed by atoms with van der Waals surface area (Å²) in [4.78, 5) is 34.5. The zero-order chi connectivity index (χ0) is 33.8. The predicted molar refractivity (Wildman–Crippen MR) is 168 cm³/mol. The minimum Gasteiger partial charge on any atom is -0.493 e. The van der Waals surface area contributed by atoms with Crippen molar-refractivity contribution in [3.05, 3.63) is 70.1 Å². The van der Waals surface area contributed by atoms with Crippen molar-refractivity contribution in [3.63, 3.8) is 0 Å². The lowest BCUT2D eigenvalue weighted by molar-refractivity contribution is -0.140. The molecule has 1 atom stereocenters. The number of rotatable bonds is 7. The van der Waals surface area contributed by atoms with Crippen molar-refractivity contribution >= 4 is 40.5 Å². The monoisotopic (exact) mass is 669 g/mol. The van der Waals surface area contributed by atoms with Crippen LogP contribution in [0.3, 0.4) is 0 Å². The highest BCUT2D eigenvalue weighted by Crippen LogP contribution is 2.48. The van der Waals surface area contributed by atoms with E-state index in [9.17, 15) is 28.0 Å². The fourth-order valence-electron chi connectivity index (χ4n) is 6.83. The lowest BCUT2D eigenvalue weighted by atomic mass is 9.94. The molecule has 246 valence electrons. The van der Waals surface area contributed by atoms with Crippen LogP contribution in [-0.4, -0.2) is 38.7 Å². The third kappa shape index (κ3) is 5.06. The maximum Gasteiger partial charge on any atom is 0.420 e. The first-order chi connectivity index (χ1) is 22.4. The van der Waals surface area contributed by atoms with Gasteiger partial charge in [-0.25, -0.2) is 14.1 Å². The quantitative estimate of drug-likeness (QED) is 0.232. The lowest BCUT2D eigenvalue weighted by Gasteiger charge is -2.34. The number of ether oxygens (including phenoxy) is 1. The number of halogens is 4. The predicted octanol–water partition coefficient (Wildman–Crippen LogP) is 6.01. The summed E-state index contributed by atoms with van der Waals surface area (Å²) in [5, 5.41) is 12.0. The molecule has 6 rings (SSSR count). The molecule has 2 fully saturated rings. The first-order valence-electron chi connectivity index (χ1n) is 15.3. The average Bonchev–Trinajstić information content (AvgIpc) is 3.69. The van der Waals surface area contributed by atoms with Gasteiger partial charge < -0.3 is 15.0 Å². The number of hydrogen-bond donors (Lipinski definition) is 2. The molecule has 1 aliphatic carbocycles. The van der Waals surface area contributed by atoms with Gasteiger partial charge in [0.1, 0.15) is 28.8 Å². The van der Waals surface area contributed by atoms with Crippen LogP contribution in [0, 0.1) is 24.1 Å². The van der Waals surface area contributed by atoms with Crippen molar-refractivity contribution in [2.75, 3.05) is 21.8 Å². The molecule has 2 amide bonds. The highest BCUT2D eigenvalue weighted by molar-refractivity contribution is 7.81. The van der Waals surface area contributed by atoms with E-state index in [4.69, 9.17) is 17.0 Å². The molecule has 2 aliphatic heterocycles. The van der Waals surface area contributed by atoms with Gasteiger partial charge in [0.25, 0.3) is 11.8 Å². The number of hydrogen-bond acceptors (Lipinski definition) is 7. The summed E-state index contributed by atoms with van der Waals surface area (Å²) in [5.74, 6) is -1.63. The number of anilines is 2. The second-order valence-corrected chi connectivity index (χ2v) is 12.0. The fourth-order valence-corrected chi connectivity index (χ4v) is 7.29. The summed E-state index contributed by atoms with van der Waals surface area (Å²) in [5.41, 5.74) is 0.561. The normalized spacial score (nSPS) is 18.8. The van der Waals surface area contributed by atoms with E-state index in [1.165, 1.54) is 6.07 Å². The molecule has 47 heavy (non-hydrogen) atoms. The summed E-state index contributed by atoms with van der Waals surface area (Å²) in [6.45, 7) is 5.87. The number of imidazole rings is 1. The highest BCUT2D eigenvalue weighted by Gasteiger charge is 2.58. The number of fused-ring (bicyclic) bond motifs is 1. The second-order valence-electron chi connectivity index (χ2n) is 11.7. The molecular weight excluding hydrogens is 638 g/mol. The van der Waals surface area contributed by atoms with E-state index in [0.29, 0.717) is 72.9 Å². The van der Waals surface area contributed by atoms with E-state index in [0.717, 1.165) is 23.5 Å². The minimum atomic E-state index is -5.19. The molecule has 0 bridgehead atoms. The molecule has 2 aromatic carbocycles. The number of nitriles is 1. The van der Waals surface area contributed by atoms with Gasteiger partial charge in [-0.2, -0.15) is 18.4 Å². The van der Waals surface area contributed by atoms with Crippen LogP contribution >= 0.6 is 12.2 Å². The number of nitrogens with one attached hydrogen (secondary N) is 2. The van der Waals surface area contributed by atoms with Gasteiger partial charge in [0.15, 0.2) is 16.6 Å². The maximum atomic E-state index is 15.7. The van der Waals surface area contributed by atoms with Crippen molar-refractivity contribution in [2.24, 2.45) is 0 Å². The van der Waals surface area contributed by atoms with Gasteiger partial charge in [-0.1, -0.05) is 19.8 Å². The largest absolute Gasteiger partial charge is 0.493 e. The Balaban J connectivity index is 1.46. The van der Waals surface area contributed by atoms with Crippen molar-refractivity contribution in [1.82, 2.24) is 15.0 Å². The molecule has 10 nitrogen and oxygen atoms in total. The van der Waals surface area contributed by atoms with Crippen LogP contribution in [0.4, 0.5) is 28.9 Å². The average molecular weight is 670 g/mol. The number of thiocarbonyl (C=S) groups is 1. The van der Waals surface area contributed by atoms with E-state index < -0.39 is 46.4 Å². The molecule has 1 unspecified atom stereocenters. The van der Waals surface area contributed by atoms with E-state index >= 15 is 4.39 Å². The third-order valence-electron chi connectivity index (χ3n) is 8.81. The molecule has 1 saturated carbocycles. The Bertz CT molecular complexity index is 1840. The number of carbonyl (C=O) groups excluding carboxylic acids is 2. The summed E-state index contributed by atoms with van der Waals surface area (Å²) < 4.78 is 65.0. The molecule has 15 heteroatoms. The van der Waals surface area contributed by atoms with Crippen molar-refractivity contribution in [2.45, 2.75) is 77.2 Å². The van der Waals surface area contributed by atoms with E-state index in [1.807, 2.05) is 13.8 Å². The Morgan fingerprint density at radius 2 is 1.89 bits per heavy atom. The van der Waals surface area contributed by atoms with Crippen molar-refractivity contribution in [3.8, 4) is 11.8 Å². The smallest absolute Gasteiger partial charge is 0.420 e. The van der Waals surface area contributed by atoms with Gasteiger partial charge in [0.2, 0.25) is 0 Å². The van der Waals surface area contributed by atoms with Crippen LogP contribution in [0.25, 0.3) is 0 Å². The molecule has 2 N–H and O–H groups in total. The van der Waals surface area contributed by atoms with E-state index in [2.05, 4.69) is 15.7 Å². The number of aromatic nitrogens is 2. The zero-order valence-electron chi connectivity index (χ0n) is 25.8. The minimum absolute atomic E-state index is 0.206. The standard InChI is InChI=1S/C32H31F4N7O3S/c1-4-8-23-38-17(3)26-28(44)39-27(40-43(23)26)20-15-19(10-12-22(20)46-5-2)42-30(47)41(29(45)31(42)13-6-7-14-31)21-11-9-18(16-37)24(25(21)33)32(34,35)36/h9-12,15,27,40H,4-8,13-14H2,1-3H3,(H,39,44). The Morgan fingerprint density at radius 1 is 1.17 bits per heavy atom. The summed E-state index contributed by atoms with van der Waals surface area (Å²) in [7, 11) is 0. The molecule has 1 aromatic heterocycles. The molecular formula is C32H31F4N7O3S. The van der Waals surface area contributed by atoms with Crippen LogP contribution in [0.1, 0.15) is 90.8 Å². The third-order valence-corrected chi connectivity index (χ3v) is 9.18. The summed E-state index contributed by atoms with van der Waals surface area (Å²) >= 11 is 5.76. The lowest BCUT2D eigenvalue weighted by Crippen LogP contribution is -2.48. The molecule has 3 heterocycles. The zero-order valence-corrected chi connectivity index (χ0v) is 26.6. The molecule has 1 spiro atoms. The van der Waals surface area contributed by atoms with Gasteiger partial charge >= 0.3 is 6.18 Å².